The van der Waals surface area contributed by atoms with Gasteiger partial charge in [-0.2, -0.15) is 0 Å². The van der Waals surface area contributed by atoms with Gasteiger partial charge in [0.05, 0.1) is 16.7 Å². The van der Waals surface area contributed by atoms with E-state index in [1.165, 1.54) is 73.9 Å². The van der Waals surface area contributed by atoms with E-state index in [-0.39, 0.29) is 0 Å². The maximum absolute atomic E-state index is 4.95. The number of likely N-dealkylation sites (N-methyl/N-ethyl adjacent to an activating group) is 1. The maximum Gasteiger partial charge on any atom is 0.140 e. The quantitative estimate of drug-likeness (QED) is 0.0894. The van der Waals surface area contributed by atoms with E-state index in [9.17, 15) is 0 Å². The Morgan fingerprint density at radius 2 is 1.37 bits per heavy atom. The number of aliphatic imine (C=N–C) groups is 2. The van der Waals surface area contributed by atoms with Crippen LogP contribution in [0.5, 0.6) is 0 Å². The number of anilines is 1. The van der Waals surface area contributed by atoms with E-state index in [4.69, 9.17) is 9.98 Å². The van der Waals surface area contributed by atoms with Crippen molar-refractivity contribution in [1.29, 1.82) is 0 Å². The molecule has 62 heavy (non-hydrogen) atoms. The summed E-state index contributed by atoms with van der Waals surface area (Å²) >= 11 is 3.69. The summed E-state index contributed by atoms with van der Waals surface area (Å²) in [5.41, 5.74) is 16.0. The molecule has 0 saturated carbocycles. The molecule has 4 nitrogen and oxygen atoms in total. The van der Waals surface area contributed by atoms with Crippen LogP contribution < -0.4 is 4.90 Å². The third kappa shape index (κ3) is 5.95. The molecular weight excluding hydrogens is 793 g/mol. The van der Waals surface area contributed by atoms with Gasteiger partial charge in [0.25, 0.3) is 0 Å². The molecule has 1 aliphatic rings. The second kappa shape index (κ2) is 15.3. The normalized spacial score (nSPS) is 12.9. The van der Waals surface area contributed by atoms with Crippen LogP contribution in [0.25, 0.3) is 103 Å². The molecule has 3 heterocycles. The van der Waals surface area contributed by atoms with Crippen molar-refractivity contribution in [2.75, 3.05) is 19.0 Å². The molecule has 0 N–H and O–H groups in total. The van der Waals surface area contributed by atoms with Gasteiger partial charge in [-0.25, -0.2) is 4.99 Å². The third-order valence-corrected chi connectivity index (χ3v) is 14.6. The van der Waals surface area contributed by atoms with Gasteiger partial charge < -0.3 is 4.90 Å². The van der Waals surface area contributed by atoms with Crippen molar-refractivity contribution < 1.29 is 0 Å². The number of fused-ring (bicyclic) bond motifs is 9. The van der Waals surface area contributed by atoms with E-state index < -0.39 is 0 Å². The highest BCUT2D eigenvalue weighted by molar-refractivity contribution is 7.26. The van der Waals surface area contributed by atoms with E-state index in [0.29, 0.717) is 5.82 Å². The lowest BCUT2D eigenvalue weighted by atomic mass is 9.89. The lowest BCUT2D eigenvalue weighted by Gasteiger charge is -2.25. The van der Waals surface area contributed by atoms with Gasteiger partial charge in [0, 0.05) is 77.2 Å². The molecule has 296 valence electrons. The second-order valence-electron chi connectivity index (χ2n) is 15.5. The second-order valence-corrected chi connectivity index (χ2v) is 17.7. The summed E-state index contributed by atoms with van der Waals surface area (Å²) in [7, 11) is 3.95. The molecule has 0 aliphatic heterocycles. The first-order valence-electron chi connectivity index (χ1n) is 20.7. The minimum atomic E-state index is 0.684. The Morgan fingerprint density at radius 1 is 0.677 bits per heavy atom. The average Bonchev–Trinajstić information content (AvgIpc) is 3.94. The van der Waals surface area contributed by atoms with E-state index in [1.54, 1.807) is 0 Å². The summed E-state index contributed by atoms with van der Waals surface area (Å²) in [4.78, 5) is 13.1. The Kier molecular flexibility index (Phi) is 9.28. The van der Waals surface area contributed by atoms with Crippen molar-refractivity contribution in [3.05, 3.63) is 186 Å². The summed E-state index contributed by atoms with van der Waals surface area (Å²) in [5.74, 6) is 1.43. The molecule has 0 unspecified atom stereocenters. The standard InChI is InChI=1S/C56H40N4S2/c1-35-32-33-40(55-43-22-12-14-30-48(43)62-56(35)55)37-23-15-27-45(52(37)36-18-7-5-8-19-36)59(4)50(57-2)34-51(58-3)60-44-26-13-11-20-41(44)53-38(24-16-28-46(53)60)39-25-17-31-49-54(39)42-21-9-6-10-29-47(42)61-49/h5-8,10-34H,3H2,1-2,4H3/b51-34+,57-50?. The fourth-order valence-electron chi connectivity index (χ4n) is 9.36. The zero-order chi connectivity index (χ0) is 41.9. The van der Waals surface area contributed by atoms with Crippen molar-refractivity contribution >= 4 is 111 Å². The Balaban J connectivity index is 1.09. The molecule has 0 atom stereocenters. The Hall–Kier alpha value is -7.34. The van der Waals surface area contributed by atoms with Gasteiger partial charge in [-0.3, -0.25) is 9.56 Å². The van der Waals surface area contributed by atoms with E-state index in [2.05, 4.69) is 206 Å². The van der Waals surface area contributed by atoms with Crippen molar-refractivity contribution in [3.8, 4) is 33.4 Å². The molecular formula is C56H40N4S2. The third-order valence-electron chi connectivity index (χ3n) is 12.1. The van der Waals surface area contributed by atoms with Gasteiger partial charge in [0.2, 0.25) is 0 Å². The molecule has 10 aromatic rings. The number of amidine groups is 1. The Bertz CT molecular complexity index is 3620. The maximum atomic E-state index is 4.95. The molecule has 0 radical (unpaired) electrons. The minimum Gasteiger partial charge on any atom is -0.329 e. The summed E-state index contributed by atoms with van der Waals surface area (Å²) < 4.78 is 6.11. The lowest BCUT2D eigenvalue weighted by Crippen LogP contribution is -2.26. The first kappa shape index (κ1) is 37.6. The SMILES string of the molecule is C=N/C(=C\C(=NC)N(C)c1cccc(-c2ccc(C)c3sc4ccccc4c23)c1-c1ccccc1)n1c2ccccc2c2c(-c3cccc4sc5c(c34)C=C=CC=C5)cccc21. The minimum absolute atomic E-state index is 0.684. The largest absolute Gasteiger partial charge is 0.329 e. The van der Waals surface area contributed by atoms with Crippen LogP contribution in [0.3, 0.4) is 0 Å². The van der Waals surface area contributed by atoms with Gasteiger partial charge in [-0.15, -0.1) is 28.4 Å². The average molecular weight is 833 g/mol. The highest BCUT2D eigenvalue weighted by Gasteiger charge is 2.23. The van der Waals surface area contributed by atoms with Gasteiger partial charge in [-0.1, -0.05) is 121 Å². The number of hydrogen-bond acceptors (Lipinski definition) is 4. The topological polar surface area (TPSA) is 32.9 Å². The molecule has 11 rings (SSSR count). The fraction of sp³-hybridized carbons (Fsp3) is 0.0536. The molecule has 0 bridgehead atoms. The summed E-state index contributed by atoms with van der Waals surface area (Å²) in [6, 6.07) is 52.5. The molecule has 3 aromatic heterocycles. The summed E-state index contributed by atoms with van der Waals surface area (Å²) in [5, 5.41) is 6.15. The van der Waals surface area contributed by atoms with E-state index >= 15 is 0 Å². The number of rotatable bonds is 7. The van der Waals surface area contributed by atoms with Crippen LogP contribution in [0.4, 0.5) is 5.69 Å². The van der Waals surface area contributed by atoms with E-state index in [0.717, 1.165) is 39.1 Å². The number of para-hydroxylation sites is 1. The smallest absolute Gasteiger partial charge is 0.140 e. The first-order chi connectivity index (χ1) is 30.5. The zero-order valence-electron chi connectivity index (χ0n) is 34.6. The number of hydrogen-bond donors (Lipinski definition) is 0. The number of thiophene rings is 2. The Morgan fingerprint density at radius 3 is 2.21 bits per heavy atom. The van der Waals surface area contributed by atoms with Crippen molar-refractivity contribution in [1.82, 2.24) is 4.57 Å². The number of benzene rings is 7. The fourth-order valence-corrected chi connectivity index (χ4v) is 11.7. The van der Waals surface area contributed by atoms with Crippen LogP contribution in [0, 0.1) is 6.92 Å². The number of aryl methyl sites for hydroxylation is 1. The predicted molar refractivity (Wildman–Crippen MR) is 272 cm³/mol. The molecule has 0 saturated heterocycles. The Labute approximate surface area is 368 Å². The molecule has 0 spiro atoms. The van der Waals surface area contributed by atoms with Crippen LogP contribution in [0.15, 0.2) is 180 Å². The van der Waals surface area contributed by atoms with Gasteiger partial charge in [0.1, 0.15) is 11.7 Å². The zero-order valence-corrected chi connectivity index (χ0v) is 36.2. The number of nitrogens with zero attached hydrogens (tertiary/aromatic N) is 4. The van der Waals surface area contributed by atoms with Crippen LogP contribution in [0.2, 0.25) is 0 Å². The molecule has 0 amide bonds. The molecule has 1 aliphatic carbocycles. The predicted octanol–water partition coefficient (Wildman–Crippen LogP) is 15.5. The van der Waals surface area contributed by atoms with Gasteiger partial charge in [0.15, 0.2) is 0 Å². The van der Waals surface area contributed by atoms with Crippen LogP contribution >= 0.6 is 22.7 Å². The molecule has 7 aromatic carbocycles. The van der Waals surface area contributed by atoms with Gasteiger partial charge >= 0.3 is 0 Å². The van der Waals surface area contributed by atoms with Gasteiger partial charge in [-0.05, 0) is 95.6 Å². The van der Waals surface area contributed by atoms with Crippen LogP contribution in [-0.4, -0.2) is 31.2 Å². The summed E-state index contributed by atoms with van der Waals surface area (Å²) in [6.07, 6.45) is 10.4. The first-order valence-corrected chi connectivity index (χ1v) is 22.3. The number of aromatic nitrogens is 1. The number of allylic oxidation sites excluding steroid dienone is 2. The van der Waals surface area contributed by atoms with Crippen molar-refractivity contribution in [3.63, 3.8) is 0 Å². The highest BCUT2D eigenvalue weighted by Crippen LogP contribution is 2.48. The molecule has 6 heteroatoms. The summed E-state index contributed by atoms with van der Waals surface area (Å²) in [6.45, 7) is 6.38. The van der Waals surface area contributed by atoms with Crippen LogP contribution in [-0.2, 0) is 0 Å². The van der Waals surface area contributed by atoms with Crippen molar-refractivity contribution in [2.45, 2.75) is 6.92 Å². The van der Waals surface area contributed by atoms with Crippen molar-refractivity contribution in [2.24, 2.45) is 9.98 Å². The molecule has 0 fully saturated rings. The lowest BCUT2D eigenvalue weighted by molar-refractivity contribution is 1.17. The van der Waals surface area contributed by atoms with E-state index in [1.807, 2.05) is 35.8 Å². The van der Waals surface area contributed by atoms with Crippen LogP contribution in [0.1, 0.15) is 16.0 Å². The monoisotopic (exact) mass is 832 g/mol. The highest BCUT2D eigenvalue weighted by atomic mass is 32.1.